The van der Waals surface area contributed by atoms with Crippen molar-refractivity contribution >= 4 is 17.7 Å². The predicted molar refractivity (Wildman–Crippen MR) is 59.3 cm³/mol. The summed E-state index contributed by atoms with van der Waals surface area (Å²) in [5.41, 5.74) is 0.318. The van der Waals surface area contributed by atoms with E-state index >= 15 is 0 Å². The normalized spacial score (nSPS) is 15.2. The molecule has 1 fully saturated rings. The van der Waals surface area contributed by atoms with E-state index in [1.54, 1.807) is 24.0 Å². The van der Waals surface area contributed by atoms with Crippen molar-refractivity contribution in [1.29, 1.82) is 0 Å². The van der Waals surface area contributed by atoms with E-state index < -0.39 is 5.97 Å². The number of nitrogens with zero attached hydrogens (tertiary/aromatic N) is 1. The minimum absolute atomic E-state index is 0.318. The largest absolute Gasteiger partial charge is 0.478 e. The maximum Gasteiger partial charge on any atom is 0.335 e. The van der Waals surface area contributed by atoms with Gasteiger partial charge < -0.3 is 5.11 Å². The zero-order valence-corrected chi connectivity index (χ0v) is 9.17. The zero-order chi connectivity index (χ0) is 10.7. The molecule has 80 valence electrons. The smallest absolute Gasteiger partial charge is 0.335 e. The van der Waals surface area contributed by atoms with Crippen molar-refractivity contribution in [3.8, 4) is 0 Å². The molecule has 15 heavy (non-hydrogen) atoms. The first-order valence-electron chi connectivity index (χ1n) is 5.08. The number of aromatic carboxylic acids is 1. The van der Waals surface area contributed by atoms with Crippen molar-refractivity contribution < 1.29 is 9.90 Å². The van der Waals surface area contributed by atoms with E-state index in [-0.39, 0.29) is 0 Å². The van der Waals surface area contributed by atoms with Crippen molar-refractivity contribution in [2.45, 2.75) is 24.3 Å². The molecule has 4 heteroatoms. The number of hydrogen-bond acceptors (Lipinski definition) is 3. The third-order valence-electron chi connectivity index (χ3n) is 2.45. The maximum atomic E-state index is 10.7. The summed E-state index contributed by atoms with van der Waals surface area (Å²) in [6.45, 7) is 0. The maximum absolute atomic E-state index is 10.7. The highest BCUT2D eigenvalue weighted by Crippen LogP contribution is 2.34. The molecule has 0 aliphatic heterocycles. The number of thioether (sulfide) groups is 1. The Hall–Kier alpha value is -1.03. The van der Waals surface area contributed by atoms with E-state index in [1.165, 1.54) is 25.3 Å². The molecule has 0 saturated heterocycles. The molecule has 1 heterocycles. The molecule has 0 bridgehead atoms. The molecule has 3 nitrogen and oxygen atoms in total. The molecule has 1 aliphatic rings. The molecule has 0 atom stereocenters. The Bertz CT molecular complexity index is 363. The van der Waals surface area contributed by atoms with Crippen molar-refractivity contribution in [2.75, 3.05) is 5.75 Å². The Morgan fingerprint density at radius 3 is 3.07 bits per heavy atom. The number of carbonyl (C=O) groups is 1. The standard InChI is InChI=1S/C11H13NO2S/c13-11(14)9-3-5-12-10(7-9)15-6-4-8-1-2-8/h3,5,7-8H,1-2,4,6H2,(H,13,14). The van der Waals surface area contributed by atoms with Crippen LogP contribution in [0.2, 0.25) is 0 Å². The molecular weight excluding hydrogens is 210 g/mol. The van der Waals surface area contributed by atoms with Gasteiger partial charge >= 0.3 is 5.97 Å². The summed E-state index contributed by atoms with van der Waals surface area (Å²) >= 11 is 1.65. The molecule has 1 aromatic rings. The average molecular weight is 223 g/mol. The second kappa shape index (κ2) is 4.66. The molecular formula is C11H13NO2S. The van der Waals surface area contributed by atoms with Gasteiger partial charge in [0.05, 0.1) is 10.6 Å². The van der Waals surface area contributed by atoms with Crippen LogP contribution >= 0.6 is 11.8 Å². The van der Waals surface area contributed by atoms with Crippen LogP contribution < -0.4 is 0 Å². The average Bonchev–Trinajstić information content (AvgIpc) is 3.02. The van der Waals surface area contributed by atoms with Gasteiger partial charge in [-0.05, 0) is 30.2 Å². The molecule has 0 unspecified atom stereocenters. The fourth-order valence-electron chi connectivity index (χ4n) is 1.36. The Kier molecular flexibility index (Phi) is 3.26. The van der Waals surface area contributed by atoms with Gasteiger partial charge in [0.2, 0.25) is 0 Å². The van der Waals surface area contributed by atoms with Gasteiger partial charge in [-0.1, -0.05) is 12.8 Å². The van der Waals surface area contributed by atoms with Gasteiger partial charge in [-0.3, -0.25) is 0 Å². The Morgan fingerprint density at radius 2 is 2.40 bits per heavy atom. The summed E-state index contributed by atoms with van der Waals surface area (Å²) < 4.78 is 0. The fraction of sp³-hybridized carbons (Fsp3) is 0.455. The summed E-state index contributed by atoms with van der Waals surface area (Å²) in [5.74, 6) is 1.07. The summed E-state index contributed by atoms with van der Waals surface area (Å²) in [6.07, 6.45) is 5.51. The molecule has 1 saturated carbocycles. The molecule has 0 amide bonds. The van der Waals surface area contributed by atoms with Crippen LogP contribution in [-0.4, -0.2) is 21.8 Å². The van der Waals surface area contributed by atoms with Gasteiger partial charge in [0, 0.05) is 6.20 Å². The molecule has 1 aliphatic carbocycles. The number of pyridine rings is 1. The topological polar surface area (TPSA) is 50.2 Å². The van der Waals surface area contributed by atoms with Crippen molar-refractivity contribution in [3.05, 3.63) is 23.9 Å². The van der Waals surface area contributed by atoms with Crippen molar-refractivity contribution in [3.63, 3.8) is 0 Å². The first-order chi connectivity index (χ1) is 7.25. The number of aromatic nitrogens is 1. The second-order valence-electron chi connectivity index (χ2n) is 3.77. The minimum Gasteiger partial charge on any atom is -0.478 e. The highest BCUT2D eigenvalue weighted by Gasteiger charge is 2.20. The Balaban J connectivity index is 1.88. The van der Waals surface area contributed by atoms with E-state index in [2.05, 4.69) is 4.98 Å². The molecule has 0 aromatic carbocycles. The first-order valence-corrected chi connectivity index (χ1v) is 6.06. The lowest BCUT2D eigenvalue weighted by Gasteiger charge is -2.00. The van der Waals surface area contributed by atoms with E-state index in [9.17, 15) is 4.79 Å². The predicted octanol–water partition coefficient (Wildman–Crippen LogP) is 2.67. The fourth-order valence-corrected chi connectivity index (χ4v) is 2.36. The summed E-state index contributed by atoms with van der Waals surface area (Å²) in [4.78, 5) is 14.8. The minimum atomic E-state index is -0.888. The number of carboxylic acids is 1. The third kappa shape index (κ3) is 3.23. The zero-order valence-electron chi connectivity index (χ0n) is 8.35. The lowest BCUT2D eigenvalue weighted by Crippen LogP contribution is -1.97. The first kappa shape index (κ1) is 10.5. The summed E-state index contributed by atoms with van der Waals surface area (Å²) in [6, 6.07) is 3.16. The second-order valence-corrected chi connectivity index (χ2v) is 4.88. The van der Waals surface area contributed by atoms with Gasteiger partial charge in [-0.25, -0.2) is 9.78 Å². The lowest BCUT2D eigenvalue weighted by molar-refractivity contribution is 0.0696. The Labute approximate surface area is 92.9 Å². The van der Waals surface area contributed by atoms with E-state index in [0.717, 1.165) is 16.7 Å². The van der Waals surface area contributed by atoms with Gasteiger partial charge in [0.15, 0.2) is 0 Å². The van der Waals surface area contributed by atoms with Crippen molar-refractivity contribution in [2.24, 2.45) is 5.92 Å². The van der Waals surface area contributed by atoms with Crippen LogP contribution in [0.1, 0.15) is 29.6 Å². The molecule has 1 aromatic heterocycles. The van der Waals surface area contributed by atoms with Gasteiger partial charge in [0.1, 0.15) is 0 Å². The SMILES string of the molecule is O=C(O)c1ccnc(SCCC2CC2)c1. The van der Waals surface area contributed by atoms with E-state index in [1.807, 2.05) is 0 Å². The number of carboxylic acid groups (broad SMARTS) is 1. The van der Waals surface area contributed by atoms with Gasteiger partial charge in [-0.15, -0.1) is 11.8 Å². The molecule has 0 radical (unpaired) electrons. The molecule has 1 N–H and O–H groups in total. The van der Waals surface area contributed by atoms with Crippen LogP contribution in [0.25, 0.3) is 0 Å². The van der Waals surface area contributed by atoms with Gasteiger partial charge in [-0.2, -0.15) is 0 Å². The summed E-state index contributed by atoms with van der Waals surface area (Å²) in [7, 11) is 0. The Morgan fingerprint density at radius 1 is 1.60 bits per heavy atom. The van der Waals surface area contributed by atoms with Gasteiger partial charge in [0.25, 0.3) is 0 Å². The number of rotatable bonds is 5. The highest BCUT2D eigenvalue weighted by molar-refractivity contribution is 7.99. The number of hydrogen-bond donors (Lipinski definition) is 1. The van der Waals surface area contributed by atoms with E-state index in [4.69, 9.17) is 5.11 Å². The monoisotopic (exact) mass is 223 g/mol. The van der Waals surface area contributed by atoms with Crippen LogP contribution in [-0.2, 0) is 0 Å². The third-order valence-corrected chi connectivity index (χ3v) is 3.41. The molecule has 2 rings (SSSR count). The van der Waals surface area contributed by atoms with Crippen LogP contribution in [0.4, 0.5) is 0 Å². The quantitative estimate of drug-likeness (QED) is 0.780. The van der Waals surface area contributed by atoms with Crippen LogP contribution in [0.3, 0.4) is 0 Å². The highest BCUT2D eigenvalue weighted by atomic mass is 32.2. The van der Waals surface area contributed by atoms with E-state index in [0.29, 0.717) is 5.56 Å². The van der Waals surface area contributed by atoms with Crippen molar-refractivity contribution in [1.82, 2.24) is 4.98 Å². The van der Waals surface area contributed by atoms with Crippen LogP contribution in [0, 0.1) is 5.92 Å². The van der Waals surface area contributed by atoms with Crippen LogP contribution in [0.15, 0.2) is 23.4 Å². The summed E-state index contributed by atoms with van der Waals surface area (Å²) in [5, 5.41) is 9.61. The molecule has 0 spiro atoms. The lowest BCUT2D eigenvalue weighted by atomic mass is 10.3. The van der Waals surface area contributed by atoms with Crippen LogP contribution in [0.5, 0.6) is 0 Å².